The van der Waals surface area contributed by atoms with Crippen molar-refractivity contribution in [2.45, 2.75) is 13.3 Å². The van der Waals surface area contributed by atoms with Gasteiger partial charge in [0.1, 0.15) is 0 Å². The van der Waals surface area contributed by atoms with Gasteiger partial charge in [-0.15, -0.1) is 0 Å². The number of benzene rings is 1. The van der Waals surface area contributed by atoms with Crippen LogP contribution in [0.15, 0.2) is 30.3 Å². The molecule has 1 aromatic rings. The van der Waals surface area contributed by atoms with Crippen LogP contribution < -0.4 is 0 Å². The maximum Gasteiger partial charge on any atom is 0.310 e. The summed E-state index contributed by atoms with van der Waals surface area (Å²) in [5.41, 5.74) is 0.954. The van der Waals surface area contributed by atoms with Gasteiger partial charge in [-0.05, 0) is 5.56 Å². The third-order valence-electron chi connectivity index (χ3n) is 3.21. The van der Waals surface area contributed by atoms with Crippen molar-refractivity contribution in [2.24, 2.45) is 5.92 Å². The van der Waals surface area contributed by atoms with Crippen molar-refractivity contribution >= 4 is 11.9 Å². The highest BCUT2D eigenvalue weighted by Crippen LogP contribution is 2.07. The van der Waals surface area contributed by atoms with E-state index >= 15 is 0 Å². The normalized spacial score (nSPS) is 11.8. The van der Waals surface area contributed by atoms with Crippen molar-refractivity contribution in [3.8, 4) is 0 Å². The number of hydrogen-bond acceptors (Lipinski definition) is 4. The summed E-state index contributed by atoms with van der Waals surface area (Å²) >= 11 is 0. The molecule has 0 fully saturated rings. The van der Waals surface area contributed by atoms with Crippen LogP contribution in [0.1, 0.15) is 12.5 Å². The first-order chi connectivity index (χ1) is 10.1. The summed E-state index contributed by atoms with van der Waals surface area (Å²) in [6.07, 6.45) is 0.318. The van der Waals surface area contributed by atoms with Gasteiger partial charge in [-0.1, -0.05) is 37.3 Å². The Kier molecular flexibility index (Phi) is 7.46. The second-order valence-electron chi connectivity index (χ2n) is 4.92. The van der Waals surface area contributed by atoms with Crippen LogP contribution >= 0.6 is 0 Å². The zero-order valence-electron chi connectivity index (χ0n) is 12.9. The Labute approximate surface area is 125 Å². The first kappa shape index (κ1) is 17.2. The second kappa shape index (κ2) is 9.13. The van der Waals surface area contributed by atoms with E-state index in [4.69, 9.17) is 9.47 Å². The number of carbonyl (C=O) groups is 2. The molecule has 1 atom stereocenters. The summed E-state index contributed by atoms with van der Waals surface area (Å²) in [5.74, 6) is -0.689. The predicted molar refractivity (Wildman–Crippen MR) is 79.8 cm³/mol. The van der Waals surface area contributed by atoms with E-state index in [1.54, 1.807) is 18.9 Å². The lowest BCUT2D eigenvalue weighted by Gasteiger charge is -2.25. The molecule has 1 rings (SSSR count). The molecule has 1 unspecified atom stereocenters. The van der Waals surface area contributed by atoms with Gasteiger partial charge in [0, 0.05) is 20.2 Å². The summed E-state index contributed by atoms with van der Waals surface area (Å²) in [7, 11) is 2.94. The van der Waals surface area contributed by atoms with Gasteiger partial charge in [-0.25, -0.2) is 0 Å². The van der Waals surface area contributed by atoms with E-state index in [1.807, 2.05) is 30.3 Å². The van der Waals surface area contributed by atoms with E-state index in [0.29, 0.717) is 26.1 Å². The van der Waals surface area contributed by atoms with Crippen LogP contribution in [0.4, 0.5) is 0 Å². The fraction of sp³-hybridized carbons (Fsp3) is 0.500. The summed E-state index contributed by atoms with van der Waals surface area (Å²) in [4.78, 5) is 25.5. The summed E-state index contributed by atoms with van der Waals surface area (Å²) in [6.45, 7) is 2.99. The molecule has 1 aromatic carbocycles. The zero-order chi connectivity index (χ0) is 15.7. The molecule has 0 bridgehead atoms. The fourth-order valence-corrected chi connectivity index (χ4v) is 2.01. The van der Waals surface area contributed by atoms with Crippen LogP contribution in [0.5, 0.6) is 0 Å². The molecule has 0 aromatic heterocycles. The maximum absolute atomic E-state index is 12.4. The van der Waals surface area contributed by atoms with E-state index in [1.165, 1.54) is 7.11 Å². The topological polar surface area (TPSA) is 55.8 Å². The van der Waals surface area contributed by atoms with Crippen LogP contribution in [0.3, 0.4) is 0 Å². The van der Waals surface area contributed by atoms with Crippen LogP contribution in [-0.2, 0) is 25.5 Å². The number of ether oxygens (including phenoxy) is 2. The minimum absolute atomic E-state index is 0.0194. The van der Waals surface area contributed by atoms with Gasteiger partial charge in [0.05, 0.1) is 26.1 Å². The van der Waals surface area contributed by atoms with Crippen molar-refractivity contribution in [2.75, 3.05) is 33.9 Å². The quantitative estimate of drug-likeness (QED) is 0.682. The fourth-order valence-electron chi connectivity index (χ4n) is 2.01. The van der Waals surface area contributed by atoms with E-state index in [9.17, 15) is 9.59 Å². The Morgan fingerprint density at radius 2 is 1.86 bits per heavy atom. The minimum atomic E-state index is -0.355. The van der Waals surface area contributed by atoms with E-state index in [-0.39, 0.29) is 17.8 Å². The SMILES string of the molecule is COCCN(CC(C)C(=O)OC)C(=O)Cc1ccccc1. The Bertz CT molecular complexity index is 447. The predicted octanol–water partition coefficient (Wildman–Crippen LogP) is 1.51. The molecule has 0 saturated carbocycles. The van der Waals surface area contributed by atoms with Gasteiger partial charge < -0.3 is 14.4 Å². The molecule has 21 heavy (non-hydrogen) atoms. The number of rotatable bonds is 8. The average molecular weight is 293 g/mol. The van der Waals surface area contributed by atoms with Crippen LogP contribution in [0, 0.1) is 5.92 Å². The highest BCUT2D eigenvalue weighted by atomic mass is 16.5. The number of esters is 1. The Morgan fingerprint density at radius 3 is 2.43 bits per heavy atom. The lowest BCUT2D eigenvalue weighted by atomic mass is 10.1. The second-order valence-corrected chi connectivity index (χ2v) is 4.92. The molecule has 0 aliphatic rings. The van der Waals surface area contributed by atoms with Gasteiger partial charge in [0.15, 0.2) is 0 Å². The molecular weight excluding hydrogens is 270 g/mol. The summed E-state index contributed by atoms with van der Waals surface area (Å²) in [6, 6.07) is 9.54. The number of nitrogens with zero attached hydrogens (tertiary/aromatic N) is 1. The van der Waals surface area contributed by atoms with Crippen molar-refractivity contribution in [3.63, 3.8) is 0 Å². The number of hydrogen-bond donors (Lipinski definition) is 0. The molecular formula is C16H23NO4. The lowest BCUT2D eigenvalue weighted by Crippen LogP contribution is -2.40. The third kappa shape index (κ3) is 5.95. The summed E-state index contributed by atoms with van der Waals surface area (Å²) < 4.78 is 9.74. The Balaban J connectivity index is 2.67. The number of carbonyl (C=O) groups excluding carboxylic acids is 2. The van der Waals surface area contributed by atoms with E-state index < -0.39 is 0 Å². The Morgan fingerprint density at radius 1 is 1.19 bits per heavy atom. The monoisotopic (exact) mass is 293 g/mol. The zero-order valence-corrected chi connectivity index (χ0v) is 12.9. The van der Waals surface area contributed by atoms with Crippen molar-refractivity contribution < 1.29 is 19.1 Å². The first-order valence-corrected chi connectivity index (χ1v) is 6.97. The number of amides is 1. The van der Waals surface area contributed by atoms with Crippen LogP contribution in [0.25, 0.3) is 0 Å². The van der Waals surface area contributed by atoms with Gasteiger partial charge in [0.25, 0.3) is 0 Å². The van der Waals surface area contributed by atoms with E-state index in [2.05, 4.69) is 0 Å². The molecule has 0 heterocycles. The maximum atomic E-state index is 12.4. The molecule has 116 valence electrons. The summed E-state index contributed by atoms with van der Waals surface area (Å²) in [5, 5.41) is 0. The molecule has 5 nitrogen and oxygen atoms in total. The molecule has 5 heteroatoms. The number of methoxy groups -OCH3 is 2. The molecule has 0 radical (unpaired) electrons. The van der Waals surface area contributed by atoms with Gasteiger partial charge >= 0.3 is 5.97 Å². The smallest absolute Gasteiger partial charge is 0.310 e. The van der Waals surface area contributed by atoms with Crippen molar-refractivity contribution in [1.29, 1.82) is 0 Å². The van der Waals surface area contributed by atoms with Crippen molar-refractivity contribution in [3.05, 3.63) is 35.9 Å². The minimum Gasteiger partial charge on any atom is -0.469 e. The molecule has 0 saturated heterocycles. The standard InChI is InChI=1S/C16H23NO4/c1-13(16(19)21-3)12-17(9-10-20-2)15(18)11-14-7-5-4-6-8-14/h4-8,13H,9-12H2,1-3H3. The molecule has 0 aliphatic carbocycles. The van der Waals surface area contributed by atoms with Gasteiger partial charge in [0.2, 0.25) is 5.91 Å². The van der Waals surface area contributed by atoms with Crippen LogP contribution in [-0.4, -0.2) is 50.7 Å². The highest BCUT2D eigenvalue weighted by Gasteiger charge is 2.21. The third-order valence-corrected chi connectivity index (χ3v) is 3.21. The van der Waals surface area contributed by atoms with Gasteiger partial charge in [-0.3, -0.25) is 9.59 Å². The van der Waals surface area contributed by atoms with Crippen LogP contribution in [0.2, 0.25) is 0 Å². The molecule has 0 aliphatic heterocycles. The largest absolute Gasteiger partial charge is 0.469 e. The van der Waals surface area contributed by atoms with Crippen molar-refractivity contribution in [1.82, 2.24) is 4.90 Å². The Hall–Kier alpha value is -1.88. The molecule has 0 N–H and O–H groups in total. The van der Waals surface area contributed by atoms with Gasteiger partial charge in [-0.2, -0.15) is 0 Å². The molecule has 0 spiro atoms. The van der Waals surface area contributed by atoms with E-state index in [0.717, 1.165) is 5.56 Å². The average Bonchev–Trinajstić information content (AvgIpc) is 2.51. The molecule has 1 amide bonds. The first-order valence-electron chi connectivity index (χ1n) is 6.97. The lowest BCUT2D eigenvalue weighted by molar-refractivity contribution is -0.146. The highest BCUT2D eigenvalue weighted by molar-refractivity contribution is 5.80.